The van der Waals surface area contributed by atoms with Gasteiger partial charge in [0.25, 0.3) is 11.5 Å². The highest BCUT2D eigenvalue weighted by Gasteiger charge is 2.36. The molecule has 0 saturated heterocycles. The molecular weight excluding hydrogens is 518 g/mol. The van der Waals surface area contributed by atoms with Crippen molar-refractivity contribution >= 4 is 23.3 Å². The average molecular weight is 552 g/mol. The van der Waals surface area contributed by atoms with Gasteiger partial charge in [-0.1, -0.05) is 17.4 Å². The SMILES string of the molecule is CCN(CC)C(=O)C1=C(C)N=c2s/c(=C/c3ccc(OC)c(OC)c3)c(=O)n2[C@H]1c1cc(OC)ccc1OC. The van der Waals surface area contributed by atoms with Crippen LogP contribution in [0.2, 0.25) is 0 Å². The summed E-state index contributed by atoms with van der Waals surface area (Å²) in [6.07, 6.45) is 1.79. The largest absolute Gasteiger partial charge is 0.497 e. The van der Waals surface area contributed by atoms with Gasteiger partial charge >= 0.3 is 0 Å². The molecule has 3 aromatic rings. The summed E-state index contributed by atoms with van der Waals surface area (Å²) in [4.78, 5) is 34.8. The summed E-state index contributed by atoms with van der Waals surface area (Å²) in [6.45, 7) is 6.71. The minimum Gasteiger partial charge on any atom is -0.497 e. The number of likely N-dealkylation sites (N-methyl/N-ethyl adjacent to an activating group) is 1. The molecule has 0 fully saturated rings. The summed E-state index contributed by atoms with van der Waals surface area (Å²) in [6, 6.07) is 10.1. The van der Waals surface area contributed by atoms with Crippen molar-refractivity contribution in [2.45, 2.75) is 26.8 Å². The fraction of sp³-hybridized carbons (Fsp3) is 0.345. The third-order valence-electron chi connectivity index (χ3n) is 6.74. The molecule has 9 nitrogen and oxygen atoms in total. The van der Waals surface area contributed by atoms with E-state index >= 15 is 0 Å². The summed E-state index contributed by atoms with van der Waals surface area (Å²) in [5.74, 6) is 2.10. The van der Waals surface area contributed by atoms with Gasteiger partial charge < -0.3 is 23.8 Å². The minimum absolute atomic E-state index is 0.176. The van der Waals surface area contributed by atoms with Crippen LogP contribution in [0.5, 0.6) is 23.0 Å². The number of thiazole rings is 1. The van der Waals surface area contributed by atoms with Gasteiger partial charge in [0.2, 0.25) is 0 Å². The first-order valence-corrected chi connectivity index (χ1v) is 13.4. The molecule has 206 valence electrons. The number of fused-ring (bicyclic) bond motifs is 1. The van der Waals surface area contributed by atoms with Crippen molar-refractivity contribution in [3.8, 4) is 23.0 Å². The third-order valence-corrected chi connectivity index (χ3v) is 7.72. The van der Waals surface area contributed by atoms with Crippen LogP contribution in [0.15, 0.2) is 57.5 Å². The number of aromatic nitrogens is 1. The van der Waals surface area contributed by atoms with Gasteiger partial charge in [0.15, 0.2) is 16.3 Å². The van der Waals surface area contributed by atoms with E-state index in [1.165, 1.54) is 11.3 Å². The van der Waals surface area contributed by atoms with E-state index in [9.17, 15) is 9.59 Å². The van der Waals surface area contributed by atoms with E-state index in [-0.39, 0.29) is 11.5 Å². The van der Waals surface area contributed by atoms with Crippen molar-refractivity contribution < 1.29 is 23.7 Å². The molecule has 1 aliphatic rings. The number of carbonyl (C=O) groups excluding carboxylic acids is 1. The van der Waals surface area contributed by atoms with E-state index in [0.717, 1.165) is 5.56 Å². The number of rotatable bonds is 9. The Morgan fingerprint density at radius 3 is 2.26 bits per heavy atom. The number of allylic oxidation sites excluding steroid dienone is 1. The quantitative estimate of drug-likeness (QED) is 0.406. The smallest absolute Gasteiger partial charge is 0.271 e. The lowest BCUT2D eigenvalue weighted by molar-refractivity contribution is -0.127. The molecule has 1 aliphatic heterocycles. The monoisotopic (exact) mass is 551 g/mol. The predicted octanol–water partition coefficient (Wildman–Crippen LogP) is 3.14. The number of ether oxygens (including phenoxy) is 4. The summed E-state index contributed by atoms with van der Waals surface area (Å²) < 4.78 is 24.0. The van der Waals surface area contributed by atoms with Gasteiger partial charge in [0, 0.05) is 18.7 Å². The highest BCUT2D eigenvalue weighted by Crippen LogP contribution is 2.38. The Morgan fingerprint density at radius 1 is 0.974 bits per heavy atom. The van der Waals surface area contributed by atoms with Gasteiger partial charge in [-0.05, 0) is 62.7 Å². The van der Waals surface area contributed by atoms with Gasteiger partial charge in [-0.3, -0.25) is 14.2 Å². The van der Waals surface area contributed by atoms with E-state index in [1.807, 2.05) is 32.9 Å². The number of amides is 1. The average Bonchev–Trinajstić information content (AvgIpc) is 3.26. The normalized spacial score (nSPS) is 14.9. The van der Waals surface area contributed by atoms with Gasteiger partial charge in [-0.25, -0.2) is 4.99 Å². The number of hydrogen-bond acceptors (Lipinski definition) is 8. The van der Waals surface area contributed by atoms with E-state index in [1.54, 1.807) is 68.2 Å². The molecule has 0 N–H and O–H groups in total. The van der Waals surface area contributed by atoms with Crippen LogP contribution in [0.25, 0.3) is 6.08 Å². The van der Waals surface area contributed by atoms with Gasteiger partial charge in [0.05, 0.1) is 44.2 Å². The molecule has 0 saturated carbocycles. The maximum Gasteiger partial charge on any atom is 0.271 e. The molecule has 0 radical (unpaired) electrons. The molecular formula is C29H33N3O6S. The van der Waals surface area contributed by atoms with Crippen molar-refractivity contribution in [1.29, 1.82) is 0 Å². The van der Waals surface area contributed by atoms with Gasteiger partial charge in [-0.2, -0.15) is 0 Å². The van der Waals surface area contributed by atoms with Gasteiger partial charge in [-0.15, -0.1) is 0 Å². The molecule has 39 heavy (non-hydrogen) atoms. The van der Waals surface area contributed by atoms with Crippen LogP contribution < -0.4 is 33.8 Å². The zero-order valence-corrected chi connectivity index (χ0v) is 24.0. The minimum atomic E-state index is -0.757. The highest BCUT2D eigenvalue weighted by molar-refractivity contribution is 7.07. The first-order valence-electron chi connectivity index (χ1n) is 12.6. The van der Waals surface area contributed by atoms with E-state index in [0.29, 0.717) is 62.3 Å². The van der Waals surface area contributed by atoms with E-state index in [2.05, 4.69) is 0 Å². The Bertz CT molecular complexity index is 1600. The molecule has 1 aromatic heterocycles. The van der Waals surface area contributed by atoms with Crippen LogP contribution in [-0.2, 0) is 4.79 Å². The summed E-state index contributed by atoms with van der Waals surface area (Å²) in [5, 5.41) is 0. The van der Waals surface area contributed by atoms with Crippen LogP contribution in [0.1, 0.15) is 37.9 Å². The Balaban J connectivity index is 2.00. The number of nitrogens with zero attached hydrogens (tertiary/aromatic N) is 3. The Kier molecular flexibility index (Phi) is 8.44. The van der Waals surface area contributed by atoms with E-state index < -0.39 is 6.04 Å². The van der Waals surface area contributed by atoms with Crippen LogP contribution >= 0.6 is 11.3 Å². The zero-order chi connectivity index (χ0) is 28.3. The molecule has 1 atom stereocenters. The first-order chi connectivity index (χ1) is 18.8. The summed E-state index contributed by atoms with van der Waals surface area (Å²) >= 11 is 1.26. The molecule has 0 unspecified atom stereocenters. The molecule has 10 heteroatoms. The van der Waals surface area contributed by atoms with Crippen molar-refractivity contribution in [2.75, 3.05) is 41.5 Å². The van der Waals surface area contributed by atoms with Crippen molar-refractivity contribution in [1.82, 2.24) is 9.47 Å². The summed E-state index contributed by atoms with van der Waals surface area (Å²) in [5.41, 5.74) is 2.13. The van der Waals surface area contributed by atoms with E-state index in [4.69, 9.17) is 23.9 Å². The Hall–Kier alpha value is -4.05. The second kappa shape index (κ2) is 11.8. The van der Waals surface area contributed by atoms with Crippen molar-refractivity contribution in [3.63, 3.8) is 0 Å². The number of carbonyl (C=O) groups is 1. The lowest BCUT2D eigenvalue weighted by Crippen LogP contribution is -2.43. The van der Waals surface area contributed by atoms with Crippen LogP contribution in [0.4, 0.5) is 0 Å². The number of hydrogen-bond donors (Lipinski definition) is 0. The maximum atomic E-state index is 14.0. The fourth-order valence-corrected chi connectivity index (χ4v) is 5.76. The first kappa shape index (κ1) is 28.0. The Labute approximate surface area is 231 Å². The lowest BCUT2D eigenvalue weighted by Gasteiger charge is -2.30. The second-order valence-electron chi connectivity index (χ2n) is 8.78. The topological polar surface area (TPSA) is 91.6 Å². The summed E-state index contributed by atoms with van der Waals surface area (Å²) in [7, 11) is 6.27. The molecule has 0 spiro atoms. The predicted molar refractivity (Wildman–Crippen MR) is 151 cm³/mol. The van der Waals surface area contributed by atoms with Crippen molar-refractivity contribution in [2.24, 2.45) is 4.99 Å². The van der Waals surface area contributed by atoms with Crippen LogP contribution in [-0.4, -0.2) is 56.9 Å². The standard InChI is InChI=1S/C29H33N3O6S/c1-8-31(9-2)28(34)25-17(3)30-29-32(26(25)20-16-19(35-4)11-13-21(20)36-5)27(33)24(39-29)15-18-10-12-22(37-6)23(14-18)38-7/h10-16,26H,8-9H2,1-7H3/b24-15+/t26-/m0/s1. The lowest BCUT2D eigenvalue weighted by atomic mass is 9.93. The molecule has 0 aliphatic carbocycles. The van der Waals surface area contributed by atoms with Crippen LogP contribution in [0.3, 0.4) is 0 Å². The maximum absolute atomic E-state index is 14.0. The highest BCUT2D eigenvalue weighted by atomic mass is 32.1. The van der Waals surface area contributed by atoms with Crippen LogP contribution in [0, 0.1) is 0 Å². The number of benzene rings is 2. The van der Waals surface area contributed by atoms with Crippen molar-refractivity contribution in [3.05, 3.63) is 78.5 Å². The zero-order valence-electron chi connectivity index (χ0n) is 23.2. The third kappa shape index (κ3) is 5.16. The molecule has 2 aromatic carbocycles. The number of methoxy groups -OCH3 is 4. The van der Waals surface area contributed by atoms with Gasteiger partial charge in [0.1, 0.15) is 17.5 Å². The fourth-order valence-electron chi connectivity index (χ4n) is 4.72. The second-order valence-corrected chi connectivity index (χ2v) is 9.79. The molecule has 0 bridgehead atoms. The molecule has 4 rings (SSSR count). The molecule has 2 heterocycles. The Morgan fingerprint density at radius 2 is 1.64 bits per heavy atom. The molecule has 1 amide bonds.